The van der Waals surface area contributed by atoms with Crippen LogP contribution in [0.15, 0.2) is 43.0 Å². The van der Waals surface area contributed by atoms with Gasteiger partial charge in [-0.1, -0.05) is 11.6 Å². The Morgan fingerprint density at radius 2 is 1.92 bits per heavy atom. The highest BCUT2D eigenvalue weighted by Crippen LogP contribution is 2.24. The second-order valence-electron chi connectivity index (χ2n) is 5.49. The van der Waals surface area contributed by atoms with Crippen LogP contribution in [0.5, 0.6) is 0 Å². The molecule has 1 aromatic carbocycles. The Bertz CT molecular complexity index is 1020. The standard InChI is InChI=1S/C16H14ClN7/c1-10-7-19-24(8-10)16-21-14(13-15(22-16)23(2)9-18-13)20-12-5-3-11(17)4-6-12/h3-9H,1-2H3,(H,20,21,22). The van der Waals surface area contributed by atoms with Crippen LogP contribution in [0.25, 0.3) is 17.1 Å². The Hall–Kier alpha value is -2.93. The van der Waals surface area contributed by atoms with Gasteiger partial charge >= 0.3 is 0 Å². The Kier molecular flexibility index (Phi) is 3.42. The molecule has 1 N–H and O–H groups in total. The molecule has 0 spiro atoms. The Morgan fingerprint density at radius 1 is 1.12 bits per heavy atom. The molecule has 0 unspecified atom stereocenters. The Balaban J connectivity index is 1.85. The number of nitrogens with one attached hydrogen (secondary N) is 1. The SMILES string of the molecule is Cc1cnn(-c2nc(Nc3ccc(Cl)cc3)c3ncn(C)c3n2)c1. The first-order valence-electron chi connectivity index (χ1n) is 7.33. The summed E-state index contributed by atoms with van der Waals surface area (Å²) in [5.74, 6) is 1.10. The van der Waals surface area contributed by atoms with Crippen LogP contribution in [0.3, 0.4) is 0 Å². The summed E-state index contributed by atoms with van der Waals surface area (Å²) in [6.07, 6.45) is 5.36. The highest BCUT2D eigenvalue weighted by atomic mass is 35.5. The van der Waals surface area contributed by atoms with Crippen LogP contribution < -0.4 is 5.32 Å². The lowest BCUT2D eigenvalue weighted by molar-refractivity contribution is 0.808. The number of benzene rings is 1. The van der Waals surface area contributed by atoms with Gasteiger partial charge in [0.2, 0.25) is 0 Å². The van der Waals surface area contributed by atoms with Crippen molar-refractivity contribution in [3.8, 4) is 5.95 Å². The molecule has 0 aliphatic heterocycles. The van der Waals surface area contributed by atoms with Crippen molar-refractivity contribution < 1.29 is 0 Å². The van der Waals surface area contributed by atoms with E-state index in [1.165, 1.54) is 0 Å². The van der Waals surface area contributed by atoms with Crippen molar-refractivity contribution in [2.75, 3.05) is 5.32 Å². The van der Waals surface area contributed by atoms with Gasteiger partial charge in [-0.3, -0.25) is 0 Å². The number of anilines is 2. The minimum absolute atomic E-state index is 0.482. The normalized spacial score (nSPS) is 11.1. The maximum absolute atomic E-state index is 5.94. The first-order chi connectivity index (χ1) is 11.6. The number of imidazole rings is 1. The van der Waals surface area contributed by atoms with Crippen molar-refractivity contribution in [3.05, 3.63) is 53.6 Å². The van der Waals surface area contributed by atoms with Gasteiger partial charge in [-0.15, -0.1) is 0 Å². The van der Waals surface area contributed by atoms with E-state index in [9.17, 15) is 0 Å². The lowest BCUT2D eigenvalue weighted by Crippen LogP contribution is -2.06. The van der Waals surface area contributed by atoms with E-state index in [0.717, 1.165) is 16.9 Å². The molecule has 7 nitrogen and oxygen atoms in total. The van der Waals surface area contributed by atoms with Gasteiger partial charge in [0.25, 0.3) is 5.95 Å². The van der Waals surface area contributed by atoms with Gasteiger partial charge in [0.1, 0.15) is 0 Å². The van der Waals surface area contributed by atoms with E-state index in [1.807, 2.05) is 49.0 Å². The maximum Gasteiger partial charge on any atom is 0.254 e. The summed E-state index contributed by atoms with van der Waals surface area (Å²) in [7, 11) is 1.90. The van der Waals surface area contributed by atoms with Crippen molar-refractivity contribution in [2.45, 2.75) is 6.92 Å². The third-order valence-electron chi connectivity index (χ3n) is 3.57. The lowest BCUT2D eigenvalue weighted by atomic mass is 10.3. The van der Waals surface area contributed by atoms with Crippen LogP contribution in [-0.4, -0.2) is 29.3 Å². The number of aromatic nitrogens is 6. The van der Waals surface area contributed by atoms with E-state index in [4.69, 9.17) is 11.6 Å². The fourth-order valence-electron chi connectivity index (χ4n) is 2.38. The van der Waals surface area contributed by atoms with Crippen LogP contribution in [-0.2, 0) is 7.05 Å². The fraction of sp³-hybridized carbons (Fsp3) is 0.125. The van der Waals surface area contributed by atoms with Crippen LogP contribution in [0.1, 0.15) is 5.56 Å². The summed E-state index contributed by atoms with van der Waals surface area (Å²) in [4.78, 5) is 13.5. The molecule has 0 atom stereocenters. The van der Waals surface area contributed by atoms with Gasteiger partial charge in [0.15, 0.2) is 17.0 Å². The highest BCUT2D eigenvalue weighted by Gasteiger charge is 2.14. The van der Waals surface area contributed by atoms with Crippen molar-refractivity contribution in [2.24, 2.45) is 7.05 Å². The summed E-state index contributed by atoms with van der Waals surface area (Å²) in [5, 5.41) is 8.24. The molecule has 4 aromatic rings. The number of hydrogen-bond acceptors (Lipinski definition) is 5. The molecule has 24 heavy (non-hydrogen) atoms. The summed E-state index contributed by atoms with van der Waals surface area (Å²) < 4.78 is 3.50. The molecule has 8 heteroatoms. The predicted molar refractivity (Wildman–Crippen MR) is 92.9 cm³/mol. The summed E-state index contributed by atoms with van der Waals surface area (Å²) >= 11 is 5.94. The molecule has 0 saturated carbocycles. The van der Waals surface area contributed by atoms with E-state index in [2.05, 4.69) is 25.4 Å². The minimum Gasteiger partial charge on any atom is -0.338 e. The average molecular weight is 340 g/mol. The van der Waals surface area contributed by atoms with Crippen LogP contribution in [0.2, 0.25) is 5.02 Å². The van der Waals surface area contributed by atoms with Gasteiger partial charge in [-0.05, 0) is 36.8 Å². The van der Waals surface area contributed by atoms with E-state index in [0.29, 0.717) is 22.3 Å². The van der Waals surface area contributed by atoms with Crippen molar-refractivity contribution in [3.63, 3.8) is 0 Å². The molecule has 0 aliphatic carbocycles. The number of fused-ring (bicyclic) bond motifs is 1. The van der Waals surface area contributed by atoms with Crippen molar-refractivity contribution in [1.82, 2.24) is 29.3 Å². The largest absolute Gasteiger partial charge is 0.338 e. The van der Waals surface area contributed by atoms with Gasteiger partial charge in [-0.2, -0.15) is 15.1 Å². The van der Waals surface area contributed by atoms with Gasteiger partial charge in [0, 0.05) is 24.0 Å². The average Bonchev–Trinajstić information content (AvgIpc) is 3.16. The second kappa shape index (κ2) is 5.61. The summed E-state index contributed by atoms with van der Waals surface area (Å²) in [5.41, 5.74) is 3.33. The van der Waals surface area contributed by atoms with Gasteiger partial charge in [-0.25, -0.2) is 9.67 Å². The third kappa shape index (κ3) is 2.59. The predicted octanol–water partition coefficient (Wildman–Crippen LogP) is 3.25. The molecule has 0 saturated heterocycles. The van der Waals surface area contributed by atoms with Gasteiger partial charge < -0.3 is 9.88 Å². The molecule has 0 radical (unpaired) electrons. The number of aryl methyl sites for hydroxylation is 2. The molecule has 0 bridgehead atoms. The molecule has 3 aromatic heterocycles. The van der Waals surface area contributed by atoms with E-state index >= 15 is 0 Å². The quantitative estimate of drug-likeness (QED) is 0.620. The van der Waals surface area contributed by atoms with E-state index < -0.39 is 0 Å². The fourth-order valence-corrected chi connectivity index (χ4v) is 2.50. The number of nitrogens with zero attached hydrogens (tertiary/aromatic N) is 6. The highest BCUT2D eigenvalue weighted by molar-refractivity contribution is 6.30. The van der Waals surface area contributed by atoms with Crippen molar-refractivity contribution >= 4 is 34.3 Å². The Labute approximate surface area is 142 Å². The molecule has 0 amide bonds. The smallest absolute Gasteiger partial charge is 0.254 e. The van der Waals surface area contributed by atoms with E-state index in [-0.39, 0.29) is 0 Å². The first kappa shape index (κ1) is 14.6. The zero-order chi connectivity index (χ0) is 16.7. The number of hydrogen-bond donors (Lipinski definition) is 1. The molecule has 0 aliphatic rings. The molecular formula is C16H14ClN7. The third-order valence-corrected chi connectivity index (χ3v) is 3.82. The Morgan fingerprint density at radius 3 is 2.62 bits per heavy atom. The molecular weight excluding hydrogens is 326 g/mol. The monoisotopic (exact) mass is 339 g/mol. The van der Waals surface area contributed by atoms with E-state index in [1.54, 1.807) is 17.2 Å². The maximum atomic E-state index is 5.94. The first-order valence-corrected chi connectivity index (χ1v) is 7.71. The molecule has 0 fully saturated rings. The molecule has 4 rings (SSSR count). The number of rotatable bonds is 3. The van der Waals surface area contributed by atoms with Crippen molar-refractivity contribution in [1.29, 1.82) is 0 Å². The second-order valence-corrected chi connectivity index (χ2v) is 5.93. The topological polar surface area (TPSA) is 73.5 Å². The van der Waals surface area contributed by atoms with Crippen LogP contribution in [0.4, 0.5) is 11.5 Å². The van der Waals surface area contributed by atoms with Gasteiger partial charge in [0.05, 0.1) is 12.5 Å². The van der Waals surface area contributed by atoms with Crippen LogP contribution in [0, 0.1) is 6.92 Å². The molecule has 120 valence electrons. The zero-order valence-corrected chi connectivity index (χ0v) is 13.9. The lowest BCUT2D eigenvalue weighted by Gasteiger charge is -2.09. The summed E-state index contributed by atoms with van der Waals surface area (Å²) in [6, 6.07) is 7.41. The molecule has 3 heterocycles. The van der Waals surface area contributed by atoms with Crippen LogP contribution >= 0.6 is 11.6 Å². The number of halogens is 1. The summed E-state index contributed by atoms with van der Waals surface area (Å²) in [6.45, 7) is 1.97. The minimum atomic E-state index is 0.482. The zero-order valence-electron chi connectivity index (χ0n) is 13.1.